The molecule has 2 amide bonds. The molecule has 27 heavy (non-hydrogen) atoms. The van der Waals surface area contributed by atoms with Crippen molar-refractivity contribution in [3.63, 3.8) is 0 Å². The predicted octanol–water partition coefficient (Wildman–Crippen LogP) is 3.54. The van der Waals surface area contributed by atoms with Crippen molar-refractivity contribution in [1.29, 1.82) is 0 Å². The first-order chi connectivity index (χ1) is 13.2. The van der Waals surface area contributed by atoms with Gasteiger partial charge in [-0.2, -0.15) is 4.98 Å². The quantitative estimate of drug-likeness (QED) is 0.703. The lowest BCUT2D eigenvalue weighted by Gasteiger charge is -2.19. The zero-order valence-corrected chi connectivity index (χ0v) is 14.6. The van der Waals surface area contributed by atoms with Crippen LogP contribution < -0.4 is 10.6 Å². The van der Waals surface area contributed by atoms with Crippen LogP contribution in [0.2, 0.25) is 0 Å². The van der Waals surface area contributed by atoms with Gasteiger partial charge >= 0.3 is 6.01 Å². The van der Waals surface area contributed by atoms with Crippen molar-refractivity contribution >= 4 is 17.8 Å². The van der Waals surface area contributed by atoms with E-state index in [2.05, 4.69) is 15.6 Å². The summed E-state index contributed by atoms with van der Waals surface area (Å²) in [5, 5.41) is 5.59. The molecule has 2 aromatic carbocycles. The number of oxazole rings is 1. The number of amides is 2. The first kappa shape index (κ1) is 17.0. The summed E-state index contributed by atoms with van der Waals surface area (Å²) in [4.78, 5) is 28.6. The van der Waals surface area contributed by atoms with Crippen LogP contribution in [-0.2, 0) is 4.79 Å². The number of nitrogens with one attached hydrogen (secondary N) is 2. The van der Waals surface area contributed by atoms with Gasteiger partial charge in [-0.15, -0.1) is 0 Å². The number of benzene rings is 2. The van der Waals surface area contributed by atoms with Crippen LogP contribution >= 0.6 is 0 Å². The second kappa shape index (κ2) is 7.45. The fraction of sp³-hybridized carbons (Fsp3) is 0.190. The topological polar surface area (TPSA) is 84.2 Å². The first-order valence-electron chi connectivity index (χ1n) is 8.88. The number of hydrogen-bond donors (Lipinski definition) is 2. The van der Waals surface area contributed by atoms with Gasteiger partial charge in [0.2, 0.25) is 5.91 Å². The van der Waals surface area contributed by atoms with Crippen molar-refractivity contribution in [2.45, 2.75) is 18.9 Å². The third-order valence-corrected chi connectivity index (χ3v) is 4.46. The van der Waals surface area contributed by atoms with Crippen LogP contribution in [0.3, 0.4) is 0 Å². The number of hydrogen-bond acceptors (Lipinski definition) is 4. The van der Waals surface area contributed by atoms with E-state index in [0.29, 0.717) is 0 Å². The second-order valence-electron chi connectivity index (χ2n) is 6.53. The number of rotatable bonds is 6. The maximum atomic E-state index is 12.7. The van der Waals surface area contributed by atoms with Crippen molar-refractivity contribution in [3.05, 3.63) is 83.7 Å². The van der Waals surface area contributed by atoms with Gasteiger partial charge in [-0.25, -0.2) is 0 Å². The van der Waals surface area contributed by atoms with E-state index in [1.54, 1.807) is 0 Å². The second-order valence-corrected chi connectivity index (χ2v) is 6.53. The van der Waals surface area contributed by atoms with Crippen LogP contribution in [0.4, 0.5) is 6.01 Å². The highest BCUT2D eigenvalue weighted by Crippen LogP contribution is 2.30. The van der Waals surface area contributed by atoms with E-state index in [9.17, 15) is 9.59 Å². The number of nitrogens with zero attached hydrogens (tertiary/aromatic N) is 1. The van der Waals surface area contributed by atoms with E-state index in [0.717, 1.165) is 24.0 Å². The predicted molar refractivity (Wildman–Crippen MR) is 100 cm³/mol. The molecule has 1 aliphatic carbocycles. The fourth-order valence-corrected chi connectivity index (χ4v) is 2.84. The molecule has 1 saturated carbocycles. The van der Waals surface area contributed by atoms with Crippen molar-refractivity contribution in [3.8, 4) is 0 Å². The normalized spacial score (nSPS) is 13.4. The minimum absolute atomic E-state index is 0.0368. The highest BCUT2D eigenvalue weighted by molar-refractivity contribution is 5.95. The van der Waals surface area contributed by atoms with Gasteiger partial charge in [0.15, 0.2) is 5.69 Å². The molecule has 0 radical (unpaired) electrons. The van der Waals surface area contributed by atoms with Crippen molar-refractivity contribution in [2.24, 2.45) is 5.92 Å². The number of carbonyl (C=O) groups excluding carboxylic acids is 2. The average Bonchev–Trinajstić information content (AvgIpc) is 3.47. The van der Waals surface area contributed by atoms with Crippen molar-refractivity contribution in [1.82, 2.24) is 10.3 Å². The molecular formula is C21H19N3O3. The lowest BCUT2D eigenvalue weighted by molar-refractivity contribution is -0.117. The summed E-state index contributed by atoms with van der Waals surface area (Å²) in [5.74, 6) is -0.451. The standard InChI is InChI=1S/C21H19N3O3/c25-19(16-11-12-16)24-21-22-17(13-27-21)20(26)23-18(14-7-3-1-4-8-14)15-9-5-2-6-10-15/h1-10,13,16,18H,11-12H2,(H,23,26)(H,22,24,25). The molecule has 0 bridgehead atoms. The largest absolute Gasteiger partial charge is 0.431 e. The average molecular weight is 361 g/mol. The van der Waals surface area contributed by atoms with Gasteiger partial charge in [0, 0.05) is 5.92 Å². The van der Waals surface area contributed by atoms with Gasteiger partial charge in [0.1, 0.15) is 6.26 Å². The Kier molecular flexibility index (Phi) is 4.70. The molecule has 1 heterocycles. The Hall–Kier alpha value is -3.41. The maximum absolute atomic E-state index is 12.7. The molecule has 2 N–H and O–H groups in total. The molecule has 6 nitrogen and oxygen atoms in total. The van der Waals surface area contributed by atoms with Crippen LogP contribution in [0.25, 0.3) is 0 Å². The van der Waals surface area contributed by atoms with Crippen LogP contribution in [-0.4, -0.2) is 16.8 Å². The van der Waals surface area contributed by atoms with Gasteiger partial charge in [-0.05, 0) is 24.0 Å². The smallest absolute Gasteiger partial charge is 0.302 e. The fourth-order valence-electron chi connectivity index (χ4n) is 2.84. The molecule has 0 unspecified atom stereocenters. The molecule has 1 aliphatic rings. The number of aromatic nitrogens is 1. The van der Waals surface area contributed by atoms with E-state index in [1.807, 2.05) is 60.7 Å². The van der Waals surface area contributed by atoms with Gasteiger partial charge in [0.25, 0.3) is 5.91 Å². The van der Waals surface area contributed by atoms with E-state index >= 15 is 0 Å². The summed E-state index contributed by atoms with van der Waals surface area (Å²) in [6.07, 6.45) is 3.02. The Bertz CT molecular complexity index is 894. The Balaban J connectivity index is 1.52. The van der Waals surface area contributed by atoms with E-state index in [1.165, 1.54) is 6.26 Å². The molecule has 1 aromatic heterocycles. The van der Waals surface area contributed by atoms with E-state index < -0.39 is 0 Å². The molecule has 1 fully saturated rings. The highest BCUT2D eigenvalue weighted by atomic mass is 16.4. The van der Waals surface area contributed by atoms with Gasteiger partial charge in [-0.3, -0.25) is 14.9 Å². The number of anilines is 1. The third-order valence-electron chi connectivity index (χ3n) is 4.46. The van der Waals surface area contributed by atoms with E-state index in [-0.39, 0.29) is 35.5 Å². The molecule has 3 aromatic rings. The molecule has 0 atom stereocenters. The molecule has 0 spiro atoms. The van der Waals surface area contributed by atoms with Gasteiger partial charge < -0.3 is 9.73 Å². The molecule has 4 rings (SSSR count). The summed E-state index contributed by atoms with van der Waals surface area (Å²) < 4.78 is 5.22. The Morgan fingerprint density at radius 3 is 2.11 bits per heavy atom. The van der Waals surface area contributed by atoms with Crippen molar-refractivity contribution in [2.75, 3.05) is 5.32 Å². The minimum Gasteiger partial charge on any atom is -0.431 e. The Morgan fingerprint density at radius 2 is 1.56 bits per heavy atom. The first-order valence-corrected chi connectivity index (χ1v) is 8.88. The lowest BCUT2D eigenvalue weighted by atomic mass is 9.98. The van der Waals surface area contributed by atoms with Crippen LogP contribution in [0.1, 0.15) is 40.5 Å². The monoisotopic (exact) mass is 361 g/mol. The maximum Gasteiger partial charge on any atom is 0.302 e. The third kappa shape index (κ3) is 4.06. The minimum atomic E-state index is -0.372. The van der Waals surface area contributed by atoms with Crippen LogP contribution in [0, 0.1) is 5.92 Å². The Labute approximate surface area is 156 Å². The van der Waals surface area contributed by atoms with E-state index in [4.69, 9.17) is 4.42 Å². The summed E-state index contributed by atoms with van der Waals surface area (Å²) in [5.41, 5.74) is 2.04. The summed E-state index contributed by atoms with van der Waals surface area (Å²) in [7, 11) is 0. The summed E-state index contributed by atoms with van der Waals surface area (Å²) >= 11 is 0. The SMILES string of the molecule is O=C(NC(c1ccccc1)c1ccccc1)c1coc(NC(=O)C2CC2)n1. The van der Waals surface area contributed by atoms with Gasteiger partial charge in [0.05, 0.1) is 6.04 Å². The molecule has 136 valence electrons. The lowest BCUT2D eigenvalue weighted by Crippen LogP contribution is -2.29. The summed E-state index contributed by atoms with van der Waals surface area (Å²) in [6.45, 7) is 0. The molecule has 0 saturated heterocycles. The van der Waals surface area contributed by atoms with Gasteiger partial charge in [-0.1, -0.05) is 60.7 Å². The Morgan fingerprint density at radius 1 is 0.963 bits per heavy atom. The van der Waals surface area contributed by atoms with Crippen LogP contribution in [0.5, 0.6) is 0 Å². The molecular weight excluding hydrogens is 342 g/mol. The van der Waals surface area contributed by atoms with Crippen molar-refractivity contribution < 1.29 is 14.0 Å². The highest BCUT2D eigenvalue weighted by Gasteiger charge is 2.30. The number of carbonyl (C=O) groups is 2. The molecule has 0 aliphatic heterocycles. The van der Waals surface area contributed by atoms with Crippen LogP contribution in [0.15, 0.2) is 71.3 Å². The zero-order chi connectivity index (χ0) is 18.6. The molecule has 6 heteroatoms. The zero-order valence-electron chi connectivity index (χ0n) is 14.6. The summed E-state index contributed by atoms with van der Waals surface area (Å²) in [6, 6.07) is 19.2.